The molecule has 8 nitrogen and oxygen atoms in total. The van der Waals surface area contributed by atoms with Gasteiger partial charge < -0.3 is 14.7 Å². The van der Waals surface area contributed by atoms with Gasteiger partial charge in [0.2, 0.25) is 0 Å². The van der Waals surface area contributed by atoms with E-state index in [-0.39, 0.29) is 17.6 Å². The Labute approximate surface area is 155 Å². The maximum atomic E-state index is 14.6. The minimum Gasteiger partial charge on any atom is -0.367 e. The number of hydroxylamine groups is 1. The molecule has 10 heteroatoms. The lowest BCUT2D eigenvalue weighted by Gasteiger charge is -2.29. The van der Waals surface area contributed by atoms with Gasteiger partial charge in [-0.25, -0.2) is 12.8 Å². The van der Waals surface area contributed by atoms with Gasteiger partial charge in [-0.05, 0) is 18.2 Å². The first-order chi connectivity index (χ1) is 13.0. The van der Waals surface area contributed by atoms with Crippen LogP contribution in [0.2, 0.25) is 0 Å². The second-order valence-corrected chi connectivity index (χ2v) is 8.71. The van der Waals surface area contributed by atoms with E-state index in [1.165, 1.54) is 12.3 Å². The third-order valence-electron chi connectivity index (χ3n) is 4.54. The summed E-state index contributed by atoms with van der Waals surface area (Å²) in [7, 11) is -3.00. The van der Waals surface area contributed by atoms with E-state index >= 15 is 0 Å². The molecular weight excluding hydrogens is 375 g/mol. The Morgan fingerprint density at radius 3 is 2.81 bits per heavy atom. The third-order valence-corrected chi connectivity index (χ3v) is 6.15. The molecule has 2 aromatic rings. The molecule has 0 bridgehead atoms. The van der Waals surface area contributed by atoms with Crippen LogP contribution >= 0.6 is 0 Å². The Morgan fingerprint density at radius 2 is 2.11 bits per heavy atom. The van der Waals surface area contributed by atoms with E-state index < -0.39 is 15.7 Å². The van der Waals surface area contributed by atoms with E-state index in [2.05, 4.69) is 16.0 Å². The minimum atomic E-state index is -3.00. The van der Waals surface area contributed by atoms with Crippen LogP contribution in [0, 0.1) is 5.82 Å². The summed E-state index contributed by atoms with van der Waals surface area (Å²) in [6.07, 6.45) is 3.08. The van der Waals surface area contributed by atoms with Crippen molar-refractivity contribution in [2.24, 2.45) is 0 Å². The van der Waals surface area contributed by atoms with Crippen molar-refractivity contribution in [1.29, 1.82) is 0 Å². The van der Waals surface area contributed by atoms with Crippen molar-refractivity contribution >= 4 is 27.0 Å². The summed E-state index contributed by atoms with van der Waals surface area (Å²) in [6.45, 7) is 1.09. The number of halogens is 1. The van der Waals surface area contributed by atoms with E-state index in [9.17, 15) is 12.8 Å². The summed E-state index contributed by atoms with van der Waals surface area (Å²) in [5, 5.41) is 6.82. The van der Waals surface area contributed by atoms with Crippen molar-refractivity contribution in [2.75, 3.05) is 41.4 Å². The fourth-order valence-electron chi connectivity index (χ4n) is 3.04. The van der Waals surface area contributed by atoms with E-state index in [1.54, 1.807) is 23.1 Å². The first-order valence-electron chi connectivity index (χ1n) is 8.53. The third kappa shape index (κ3) is 4.06. The Balaban J connectivity index is 1.42. The number of rotatable bonds is 5. The van der Waals surface area contributed by atoms with Gasteiger partial charge in [0.1, 0.15) is 18.2 Å². The smallest absolute Gasteiger partial charge is 0.169 e. The van der Waals surface area contributed by atoms with Crippen molar-refractivity contribution in [1.82, 2.24) is 10.6 Å². The molecule has 1 saturated heterocycles. The Kier molecular flexibility index (Phi) is 4.75. The highest BCUT2D eigenvalue weighted by atomic mass is 32.2. The SMILES string of the molecule is O=S1(=O)CCN(c2ccc(C3=CC(CNc4ccon4)ON3)cc2F)CC1. The Morgan fingerprint density at radius 1 is 1.30 bits per heavy atom. The van der Waals surface area contributed by atoms with Gasteiger partial charge in [-0.1, -0.05) is 11.2 Å². The number of hydrogen-bond donors (Lipinski definition) is 2. The maximum Gasteiger partial charge on any atom is 0.169 e. The molecule has 1 aromatic heterocycles. The van der Waals surface area contributed by atoms with Gasteiger partial charge in [-0.3, -0.25) is 10.3 Å². The van der Waals surface area contributed by atoms with Gasteiger partial charge in [0, 0.05) is 31.3 Å². The molecule has 0 amide bonds. The van der Waals surface area contributed by atoms with Crippen LogP contribution in [0.25, 0.3) is 5.70 Å². The highest BCUT2D eigenvalue weighted by Crippen LogP contribution is 2.26. The molecule has 3 heterocycles. The van der Waals surface area contributed by atoms with Gasteiger partial charge in [-0.2, -0.15) is 0 Å². The number of anilines is 2. The molecule has 27 heavy (non-hydrogen) atoms. The fourth-order valence-corrected chi connectivity index (χ4v) is 4.24. The average Bonchev–Trinajstić information content (AvgIpc) is 3.32. The lowest BCUT2D eigenvalue weighted by Crippen LogP contribution is -2.40. The molecule has 0 saturated carbocycles. The summed E-state index contributed by atoms with van der Waals surface area (Å²) in [6, 6.07) is 6.59. The normalized spacial score (nSPS) is 21.6. The summed E-state index contributed by atoms with van der Waals surface area (Å²) in [5.41, 5.74) is 4.55. The second kappa shape index (κ2) is 7.20. The molecular formula is C17H19FN4O4S. The van der Waals surface area contributed by atoms with Gasteiger partial charge >= 0.3 is 0 Å². The lowest BCUT2D eigenvalue weighted by atomic mass is 10.1. The van der Waals surface area contributed by atoms with Gasteiger partial charge in [-0.15, -0.1) is 0 Å². The molecule has 2 N–H and O–H groups in total. The van der Waals surface area contributed by atoms with E-state index in [0.717, 1.165) is 0 Å². The molecule has 1 fully saturated rings. The Bertz CT molecular complexity index is 932. The summed E-state index contributed by atoms with van der Waals surface area (Å²) >= 11 is 0. The number of nitrogens with zero attached hydrogens (tertiary/aromatic N) is 2. The molecule has 1 unspecified atom stereocenters. The van der Waals surface area contributed by atoms with Crippen molar-refractivity contribution in [2.45, 2.75) is 6.10 Å². The zero-order valence-electron chi connectivity index (χ0n) is 14.4. The predicted octanol–water partition coefficient (Wildman–Crippen LogP) is 1.40. The highest BCUT2D eigenvalue weighted by molar-refractivity contribution is 7.91. The van der Waals surface area contributed by atoms with Gasteiger partial charge in [0.05, 0.1) is 22.9 Å². The lowest BCUT2D eigenvalue weighted by molar-refractivity contribution is 0.0590. The van der Waals surface area contributed by atoms with Crippen LogP contribution in [0.1, 0.15) is 5.56 Å². The maximum absolute atomic E-state index is 14.6. The number of sulfone groups is 1. The van der Waals surface area contributed by atoms with Crippen molar-refractivity contribution in [3.63, 3.8) is 0 Å². The number of benzene rings is 1. The monoisotopic (exact) mass is 394 g/mol. The number of aromatic nitrogens is 1. The minimum absolute atomic E-state index is 0.0505. The standard InChI is InChI=1S/C17H19FN4O4S/c18-14-9-12(1-2-16(14)22-4-7-27(23,24)8-5-22)15-10-13(26-20-15)11-19-17-3-6-25-21-17/h1-3,6,9-10,13,20H,4-5,7-8,11H2,(H,19,21). The van der Waals surface area contributed by atoms with Gasteiger partial charge in [0.25, 0.3) is 0 Å². The molecule has 1 atom stereocenters. The topological polar surface area (TPSA) is 96.7 Å². The van der Waals surface area contributed by atoms with Crippen molar-refractivity contribution < 1.29 is 22.2 Å². The van der Waals surface area contributed by atoms with Crippen LogP contribution in [-0.2, 0) is 14.7 Å². The molecule has 2 aliphatic rings. The molecule has 4 rings (SSSR count). The number of nitrogens with one attached hydrogen (secondary N) is 2. The molecule has 0 spiro atoms. The fraction of sp³-hybridized carbons (Fsp3) is 0.353. The van der Waals surface area contributed by atoms with Crippen LogP contribution in [0.15, 0.2) is 41.1 Å². The van der Waals surface area contributed by atoms with Gasteiger partial charge in [0.15, 0.2) is 15.7 Å². The molecule has 2 aliphatic heterocycles. The molecule has 144 valence electrons. The summed E-state index contributed by atoms with van der Waals surface area (Å²) in [4.78, 5) is 7.23. The van der Waals surface area contributed by atoms with Crippen molar-refractivity contribution in [3.8, 4) is 0 Å². The second-order valence-electron chi connectivity index (χ2n) is 6.41. The first kappa shape index (κ1) is 17.8. The largest absolute Gasteiger partial charge is 0.367 e. The number of hydrogen-bond acceptors (Lipinski definition) is 8. The zero-order chi connectivity index (χ0) is 18.9. The van der Waals surface area contributed by atoms with Crippen LogP contribution < -0.4 is 15.7 Å². The van der Waals surface area contributed by atoms with Crippen molar-refractivity contribution in [3.05, 3.63) is 48.0 Å². The average molecular weight is 394 g/mol. The van der Waals surface area contributed by atoms with Crippen LogP contribution in [0.5, 0.6) is 0 Å². The summed E-state index contributed by atoms with van der Waals surface area (Å²) in [5.74, 6) is 0.322. The highest BCUT2D eigenvalue weighted by Gasteiger charge is 2.24. The predicted molar refractivity (Wildman–Crippen MR) is 98.2 cm³/mol. The van der Waals surface area contributed by atoms with E-state index in [4.69, 9.17) is 9.36 Å². The summed E-state index contributed by atoms with van der Waals surface area (Å²) < 4.78 is 42.4. The zero-order valence-corrected chi connectivity index (χ0v) is 15.2. The van der Waals surface area contributed by atoms with Crippen LogP contribution in [-0.4, -0.2) is 50.8 Å². The Hall–Kier alpha value is -2.59. The molecule has 0 radical (unpaired) electrons. The van der Waals surface area contributed by atoms with E-state index in [1.807, 2.05) is 6.08 Å². The first-order valence-corrected chi connectivity index (χ1v) is 10.4. The molecule has 0 aliphatic carbocycles. The quantitative estimate of drug-likeness (QED) is 0.786. The van der Waals surface area contributed by atoms with Crippen LogP contribution in [0.4, 0.5) is 15.9 Å². The van der Waals surface area contributed by atoms with Crippen LogP contribution in [0.3, 0.4) is 0 Å². The molecule has 1 aromatic carbocycles. The van der Waals surface area contributed by atoms with E-state index in [0.29, 0.717) is 42.4 Å².